The first-order valence-corrected chi connectivity index (χ1v) is 6.88. The van der Waals surface area contributed by atoms with Crippen LogP contribution in [0.2, 0.25) is 0 Å². The summed E-state index contributed by atoms with van der Waals surface area (Å²) in [4.78, 5) is 0. The Bertz CT molecular complexity index is 584. The highest BCUT2D eigenvalue weighted by Crippen LogP contribution is 2.32. The number of rotatable bonds is 7. The molecule has 0 saturated carbocycles. The van der Waals surface area contributed by atoms with E-state index in [4.69, 9.17) is 19.9 Å². The van der Waals surface area contributed by atoms with Crippen molar-refractivity contribution in [2.45, 2.75) is 6.54 Å². The van der Waals surface area contributed by atoms with Gasteiger partial charge < -0.3 is 19.9 Å². The van der Waals surface area contributed by atoms with Crippen molar-refractivity contribution in [3.8, 4) is 22.6 Å². The van der Waals surface area contributed by atoms with Crippen LogP contribution in [0.3, 0.4) is 0 Å². The minimum Gasteiger partial charge on any atom is -0.496 e. The first-order chi connectivity index (χ1) is 10.3. The van der Waals surface area contributed by atoms with E-state index in [0.29, 0.717) is 19.8 Å². The van der Waals surface area contributed by atoms with Crippen LogP contribution in [0.4, 0.5) is 0 Å². The topological polar surface area (TPSA) is 53.7 Å². The van der Waals surface area contributed by atoms with Crippen molar-refractivity contribution in [3.05, 3.63) is 48.0 Å². The fourth-order valence-electron chi connectivity index (χ4n) is 2.17. The van der Waals surface area contributed by atoms with Crippen molar-refractivity contribution in [2.75, 3.05) is 27.4 Å². The quantitative estimate of drug-likeness (QED) is 0.796. The molecular weight excluding hydrogens is 266 g/mol. The Morgan fingerprint density at radius 2 is 1.76 bits per heavy atom. The maximum Gasteiger partial charge on any atom is 0.127 e. The summed E-state index contributed by atoms with van der Waals surface area (Å²) < 4.78 is 16.1. The zero-order valence-corrected chi connectivity index (χ0v) is 12.5. The SMILES string of the molecule is COCCOc1ccccc1-c1ccc(OC)c(CN)c1. The molecule has 0 radical (unpaired) electrons. The predicted octanol–water partition coefficient (Wildman–Crippen LogP) is 2.85. The van der Waals surface area contributed by atoms with Gasteiger partial charge in [0.05, 0.1) is 13.7 Å². The molecule has 0 amide bonds. The van der Waals surface area contributed by atoms with Gasteiger partial charge in [-0.2, -0.15) is 0 Å². The standard InChI is InChI=1S/C17H21NO3/c1-19-9-10-21-17-6-4-3-5-15(17)13-7-8-16(20-2)14(11-13)12-18/h3-8,11H,9-10,12,18H2,1-2H3. The summed E-state index contributed by atoms with van der Waals surface area (Å²) >= 11 is 0. The molecule has 0 aliphatic carbocycles. The third-order valence-electron chi connectivity index (χ3n) is 3.24. The molecule has 2 aromatic rings. The van der Waals surface area contributed by atoms with Gasteiger partial charge in [0.25, 0.3) is 0 Å². The van der Waals surface area contributed by atoms with Crippen molar-refractivity contribution >= 4 is 0 Å². The summed E-state index contributed by atoms with van der Waals surface area (Å²) in [6, 6.07) is 13.9. The van der Waals surface area contributed by atoms with E-state index >= 15 is 0 Å². The predicted molar refractivity (Wildman–Crippen MR) is 83.7 cm³/mol. The van der Waals surface area contributed by atoms with Crippen LogP contribution >= 0.6 is 0 Å². The number of benzene rings is 2. The van der Waals surface area contributed by atoms with E-state index in [-0.39, 0.29) is 0 Å². The van der Waals surface area contributed by atoms with E-state index < -0.39 is 0 Å². The molecule has 0 saturated heterocycles. The van der Waals surface area contributed by atoms with E-state index in [2.05, 4.69) is 0 Å². The number of hydrogen-bond donors (Lipinski definition) is 1. The van der Waals surface area contributed by atoms with Gasteiger partial charge in [0.2, 0.25) is 0 Å². The lowest BCUT2D eigenvalue weighted by molar-refractivity contribution is 0.146. The lowest BCUT2D eigenvalue weighted by Crippen LogP contribution is -2.05. The molecular formula is C17H21NO3. The summed E-state index contributed by atoms with van der Waals surface area (Å²) in [5.41, 5.74) is 8.85. The Kier molecular flexibility index (Phi) is 5.60. The third kappa shape index (κ3) is 3.74. The second-order valence-corrected chi connectivity index (χ2v) is 4.57. The lowest BCUT2D eigenvalue weighted by Gasteiger charge is -2.13. The van der Waals surface area contributed by atoms with Crippen LogP contribution in [0.25, 0.3) is 11.1 Å². The number of nitrogens with two attached hydrogens (primary N) is 1. The fraction of sp³-hybridized carbons (Fsp3) is 0.294. The molecule has 0 fully saturated rings. The second kappa shape index (κ2) is 7.67. The Balaban J connectivity index is 2.33. The molecule has 0 heterocycles. The molecule has 21 heavy (non-hydrogen) atoms. The maximum atomic E-state index is 5.78. The summed E-state index contributed by atoms with van der Waals surface area (Å²) in [5.74, 6) is 1.64. The van der Waals surface area contributed by atoms with Crippen LogP contribution in [0.5, 0.6) is 11.5 Å². The van der Waals surface area contributed by atoms with Gasteiger partial charge in [-0.3, -0.25) is 0 Å². The van der Waals surface area contributed by atoms with Crippen LogP contribution in [0, 0.1) is 0 Å². The number of hydrogen-bond acceptors (Lipinski definition) is 4. The van der Waals surface area contributed by atoms with Crippen LogP contribution in [-0.4, -0.2) is 27.4 Å². The van der Waals surface area contributed by atoms with Crippen molar-refractivity contribution in [1.29, 1.82) is 0 Å². The van der Waals surface area contributed by atoms with Crippen molar-refractivity contribution in [1.82, 2.24) is 0 Å². The second-order valence-electron chi connectivity index (χ2n) is 4.57. The number of para-hydroxylation sites is 1. The zero-order chi connectivity index (χ0) is 15.1. The molecule has 4 heteroatoms. The number of ether oxygens (including phenoxy) is 3. The summed E-state index contributed by atoms with van der Waals surface area (Å²) in [7, 11) is 3.31. The monoisotopic (exact) mass is 287 g/mol. The van der Waals surface area contributed by atoms with Crippen molar-refractivity contribution in [3.63, 3.8) is 0 Å². The average molecular weight is 287 g/mol. The van der Waals surface area contributed by atoms with E-state index in [0.717, 1.165) is 28.2 Å². The first kappa shape index (κ1) is 15.4. The molecule has 4 nitrogen and oxygen atoms in total. The average Bonchev–Trinajstić information content (AvgIpc) is 2.55. The first-order valence-electron chi connectivity index (χ1n) is 6.88. The van der Waals surface area contributed by atoms with Crippen molar-refractivity contribution in [2.24, 2.45) is 5.73 Å². The Hall–Kier alpha value is -2.04. The minimum absolute atomic E-state index is 0.434. The van der Waals surface area contributed by atoms with Gasteiger partial charge in [0.1, 0.15) is 18.1 Å². The van der Waals surface area contributed by atoms with Gasteiger partial charge in [-0.05, 0) is 23.8 Å². The van der Waals surface area contributed by atoms with E-state index in [1.807, 2.05) is 42.5 Å². The molecule has 0 aromatic heterocycles. The molecule has 2 aromatic carbocycles. The van der Waals surface area contributed by atoms with Crippen LogP contribution < -0.4 is 15.2 Å². The largest absolute Gasteiger partial charge is 0.496 e. The molecule has 0 aliphatic heterocycles. The van der Waals surface area contributed by atoms with Crippen LogP contribution in [0.1, 0.15) is 5.56 Å². The molecule has 0 aliphatic rings. The molecule has 0 atom stereocenters. The smallest absolute Gasteiger partial charge is 0.127 e. The Morgan fingerprint density at radius 1 is 0.952 bits per heavy atom. The minimum atomic E-state index is 0.434. The summed E-state index contributed by atoms with van der Waals surface area (Å²) in [6.45, 7) is 1.52. The molecule has 0 spiro atoms. The Morgan fingerprint density at radius 3 is 2.48 bits per heavy atom. The molecule has 0 unspecified atom stereocenters. The maximum absolute atomic E-state index is 5.78. The number of methoxy groups -OCH3 is 2. The van der Waals surface area contributed by atoms with Gasteiger partial charge >= 0.3 is 0 Å². The highest BCUT2D eigenvalue weighted by Gasteiger charge is 2.09. The molecule has 0 bridgehead atoms. The van der Waals surface area contributed by atoms with Gasteiger partial charge in [0.15, 0.2) is 0 Å². The normalized spacial score (nSPS) is 10.4. The molecule has 112 valence electrons. The molecule has 2 N–H and O–H groups in total. The zero-order valence-electron chi connectivity index (χ0n) is 12.5. The van der Waals surface area contributed by atoms with E-state index in [1.165, 1.54) is 0 Å². The molecule has 2 rings (SSSR count). The van der Waals surface area contributed by atoms with Crippen molar-refractivity contribution < 1.29 is 14.2 Å². The van der Waals surface area contributed by atoms with E-state index in [1.54, 1.807) is 14.2 Å². The van der Waals surface area contributed by atoms with Crippen LogP contribution in [-0.2, 0) is 11.3 Å². The van der Waals surface area contributed by atoms with Gasteiger partial charge in [-0.15, -0.1) is 0 Å². The fourth-order valence-corrected chi connectivity index (χ4v) is 2.17. The van der Waals surface area contributed by atoms with E-state index in [9.17, 15) is 0 Å². The highest BCUT2D eigenvalue weighted by atomic mass is 16.5. The summed E-state index contributed by atoms with van der Waals surface area (Å²) in [6.07, 6.45) is 0. The van der Waals surface area contributed by atoms with Gasteiger partial charge in [-0.25, -0.2) is 0 Å². The highest BCUT2D eigenvalue weighted by molar-refractivity contribution is 5.71. The van der Waals surface area contributed by atoms with Crippen LogP contribution in [0.15, 0.2) is 42.5 Å². The van der Waals surface area contributed by atoms with Gasteiger partial charge in [0, 0.05) is 24.8 Å². The lowest BCUT2D eigenvalue weighted by atomic mass is 10.0. The van der Waals surface area contributed by atoms with Gasteiger partial charge in [-0.1, -0.05) is 24.3 Å². The Labute approximate surface area is 125 Å². The summed E-state index contributed by atoms with van der Waals surface area (Å²) in [5, 5.41) is 0. The third-order valence-corrected chi connectivity index (χ3v) is 3.24.